The average molecular weight is 389 g/mol. The fraction of sp³-hybridized carbons (Fsp3) is 0.278. The third kappa shape index (κ3) is 2.87. The second-order valence-corrected chi connectivity index (χ2v) is 7.86. The fourth-order valence-corrected chi connectivity index (χ4v) is 4.46. The number of carbonyl (C=O) groups excluding carboxylic acids is 2. The van der Waals surface area contributed by atoms with Gasteiger partial charge in [0, 0.05) is 25.4 Å². The van der Waals surface area contributed by atoms with E-state index in [2.05, 4.69) is 10.4 Å². The Morgan fingerprint density at radius 2 is 2.15 bits per heavy atom. The maximum Gasteiger partial charge on any atom is 0.261 e. The number of hydrogen-bond donors (Lipinski definition) is 1. The van der Waals surface area contributed by atoms with Crippen LogP contribution in [0.4, 0.5) is 0 Å². The molecule has 2 aromatic heterocycles. The number of para-hydroxylation sites is 1. The Balaban J connectivity index is 1.66. The maximum atomic E-state index is 12.6. The second kappa shape index (κ2) is 6.41. The topological polar surface area (TPSA) is 67.2 Å². The molecule has 1 aromatic carbocycles. The number of aryl methyl sites for hydroxylation is 1. The summed E-state index contributed by atoms with van der Waals surface area (Å²) in [6.45, 7) is 2.45. The van der Waals surface area contributed by atoms with E-state index in [9.17, 15) is 9.59 Å². The summed E-state index contributed by atoms with van der Waals surface area (Å²) in [6.07, 6.45) is 0.347. The molecule has 1 fully saturated rings. The molecule has 0 radical (unpaired) electrons. The number of amides is 2. The molecule has 1 aliphatic rings. The number of nitrogens with zero attached hydrogens (tertiary/aromatic N) is 3. The molecule has 2 amide bonds. The zero-order valence-corrected chi connectivity index (χ0v) is 15.9. The third-order valence-electron chi connectivity index (χ3n) is 4.53. The predicted molar refractivity (Wildman–Crippen MR) is 102 cm³/mol. The Bertz CT molecular complexity index is 1030. The first-order chi connectivity index (χ1) is 12.4. The molecule has 1 unspecified atom stereocenters. The number of hydrogen-bond acceptors (Lipinski definition) is 4. The van der Waals surface area contributed by atoms with Crippen molar-refractivity contribution in [1.29, 1.82) is 0 Å². The fourth-order valence-electron chi connectivity index (χ4n) is 3.16. The molecule has 1 N–H and O–H groups in total. The molecule has 0 spiro atoms. The van der Waals surface area contributed by atoms with E-state index in [-0.39, 0.29) is 17.9 Å². The van der Waals surface area contributed by atoms with Crippen LogP contribution in [0.15, 0.2) is 30.3 Å². The van der Waals surface area contributed by atoms with Crippen LogP contribution in [-0.4, -0.2) is 46.1 Å². The summed E-state index contributed by atoms with van der Waals surface area (Å²) in [7, 11) is 1.75. The van der Waals surface area contributed by atoms with Gasteiger partial charge in [-0.05, 0) is 25.1 Å². The van der Waals surface area contributed by atoms with Crippen LogP contribution in [-0.2, 0) is 4.79 Å². The smallest absolute Gasteiger partial charge is 0.261 e. The average Bonchev–Trinajstić information content (AvgIpc) is 3.25. The predicted octanol–water partition coefficient (Wildman–Crippen LogP) is 3.01. The second-order valence-electron chi connectivity index (χ2n) is 6.43. The van der Waals surface area contributed by atoms with Crippen LogP contribution >= 0.6 is 22.9 Å². The van der Waals surface area contributed by atoms with Gasteiger partial charge in [0.15, 0.2) is 0 Å². The van der Waals surface area contributed by atoms with Gasteiger partial charge < -0.3 is 10.2 Å². The molecule has 0 aliphatic carbocycles. The Morgan fingerprint density at radius 1 is 1.38 bits per heavy atom. The molecule has 0 bridgehead atoms. The standard InChI is InChI=1S/C18H17ClN4O2S/c1-10-12-8-15(17(25)20-11-7-16(24)22(2)9-11)26-18(12)23(21-10)14-6-4-3-5-13(14)19/h3-6,8,11H,7,9H2,1-2H3,(H,20,25). The molecule has 134 valence electrons. The lowest BCUT2D eigenvalue weighted by molar-refractivity contribution is -0.126. The van der Waals surface area contributed by atoms with Gasteiger partial charge in [-0.2, -0.15) is 5.10 Å². The van der Waals surface area contributed by atoms with Crippen molar-refractivity contribution in [3.63, 3.8) is 0 Å². The van der Waals surface area contributed by atoms with Crippen LogP contribution in [0.2, 0.25) is 5.02 Å². The number of rotatable bonds is 3. The van der Waals surface area contributed by atoms with Gasteiger partial charge in [0.1, 0.15) is 4.83 Å². The van der Waals surface area contributed by atoms with Crippen molar-refractivity contribution >= 4 is 45.0 Å². The van der Waals surface area contributed by atoms with Crippen LogP contribution in [0.25, 0.3) is 15.9 Å². The van der Waals surface area contributed by atoms with Crippen LogP contribution < -0.4 is 5.32 Å². The van der Waals surface area contributed by atoms with E-state index in [1.165, 1.54) is 11.3 Å². The quantitative estimate of drug-likeness (QED) is 0.750. The summed E-state index contributed by atoms with van der Waals surface area (Å²) >= 11 is 7.68. The minimum Gasteiger partial charge on any atom is -0.346 e. The first kappa shape index (κ1) is 17.1. The van der Waals surface area contributed by atoms with E-state index in [4.69, 9.17) is 11.6 Å². The highest BCUT2D eigenvalue weighted by molar-refractivity contribution is 7.20. The van der Waals surface area contributed by atoms with Crippen molar-refractivity contribution in [1.82, 2.24) is 20.0 Å². The molecule has 0 saturated carbocycles. The van der Waals surface area contributed by atoms with Crippen molar-refractivity contribution in [2.24, 2.45) is 0 Å². The minimum atomic E-state index is -0.163. The highest BCUT2D eigenvalue weighted by Gasteiger charge is 2.29. The third-order valence-corrected chi connectivity index (χ3v) is 5.95. The normalized spacial score (nSPS) is 17.3. The minimum absolute atomic E-state index is 0.0526. The van der Waals surface area contributed by atoms with E-state index in [1.54, 1.807) is 16.6 Å². The number of likely N-dealkylation sites (tertiary alicyclic amines) is 1. The molecule has 8 heteroatoms. The van der Waals surface area contributed by atoms with Crippen LogP contribution in [0, 0.1) is 6.92 Å². The number of nitrogens with one attached hydrogen (secondary N) is 1. The SMILES string of the molecule is Cc1nn(-c2ccccc2Cl)c2sc(C(=O)NC3CC(=O)N(C)C3)cc12. The lowest BCUT2D eigenvalue weighted by Gasteiger charge is -2.11. The van der Waals surface area contributed by atoms with Crippen LogP contribution in [0.1, 0.15) is 21.8 Å². The Hall–Kier alpha value is -2.38. The molecular formula is C18H17ClN4O2S. The lowest BCUT2D eigenvalue weighted by atomic mass is 10.2. The number of carbonyl (C=O) groups is 2. The first-order valence-corrected chi connectivity index (χ1v) is 9.42. The van der Waals surface area contributed by atoms with Gasteiger partial charge in [0.25, 0.3) is 5.91 Å². The molecule has 1 aliphatic heterocycles. The molecule has 6 nitrogen and oxygen atoms in total. The maximum absolute atomic E-state index is 12.6. The Morgan fingerprint density at radius 3 is 2.85 bits per heavy atom. The van der Waals surface area contributed by atoms with Crippen molar-refractivity contribution in [2.45, 2.75) is 19.4 Å². The molecule has 4 rings (SSSR count). The highest BCUT2D eigenvalue weighted by atomic mass is 35.5. The van der Waals surface area contributed by atoms with Gasteiger partial charge in [-0.25, -0.2) is 4.68 Å². The summed E-state index contributed by atoms with van der Waals surface area (Å²) in [5.74, 6) is -0.110. The Labute approximate surface area is 159 Å². The van der Waals surface area contributed by atoms with Crippen molar-refractivity contribution < 1.29 is 9.59 Å². The molecule has 3 heterocycles. The summed E-state index contributed by atoms with van der Waals surface area (Å²) in [5, 5.41) is 9.05. The lowest BCUT2D eigenvalue weighted by Crippen LogP contribution is -2.36. The van der Waals surface area contributed by atoms with Crippen LogP contribution in [0.5, 0.6) is 0 Å². The van der Waals surface area contributed by atoms with Crippen molar-refractivity contribution in [2.75, 3.05) is 13.6 Å². The van der Waals surface area contributed by atoms with Gasteiger partial charge in [0.05, 0.1) is 27.3 Å². The number of halogens is 1. The first-order valence-electron chi connectivity index (χ1n) is 8.23. The number of aromatic nitrogens is 2. The number of benzene rings is 1. The van der Waals surface area contributed by atoms with Gasteiger partial charge in [-0.1, -0.05) is 23.7 Å². The van der Waals surface area contributed by atoms with E-state index in [1.807, 2.05) is 37.3 Å². The van der Waals surface area contributed by atoms with Crippen molar-refractivity contribution in [3.8, 4) is 5.69 Å². The van der Waals surface area contributed by atoms with E-state index >= 15 is 0 Å². The molecule has 3 aromatic rings. The molecule has 26 heavy (non-hydrogen) atoms. The van der Waals surface area contributed by atoms with Gasteiger partial charge in [-0.15, -0.1) is 11.3 Å². The number of likely N-dealkylation sites (N-methyl/N-ethyl adjacent to an activating group) is 1. The van der Waals surface area contributed by atoms with E-state index < -0.39 is 0 Å². The van der Waals surface area contributed by atoms with Gasteiger partial charge in [0.2, 0.25) is 5.91 Å². The largest absolute Gasteiger partial charge is 0.346 e. The van der Waals surface area contributed by atoms with Gasteiger partial charge in [-0.3, -0.25) is 9.59 Å². The molecule has 1 atom stereocenters. The van der Waals surface area contributed by atoms with E-state index in [0.717, 1.165) is 21.6 Å². The monoisotopic (exact) mass is 388 g/mol. The van der Waals surface area contributed by atoms with Crippen LogP contribution in [0.3, 0.4) is 0 Å². The summed E-state index contributed by atoms with van der Waals surface area (Å²) < 4.78 is 1.78. The zero-order valence-electron chi connectivity index (χ0n) is 14.3. The Kier molecular flexibility index (Phi) is 4.20. The highest BCUT2D eigenvalue weighted by Crippen LogP contribution is 2.32. The van der Waals surface area contributed by atoms with Crippen molar-refractivity contribution in [3.05, 3.63) is 45.9 Å². The summed E-state index contributed by atoms with van der Waals surface area (Å²) in [6, 6.07) is 9.19. The van der Waals surface area contributed by atoms with E-state index in [0.29, 0.717) is 22.9 Å². The summed E-state index contributed by atoms with van der Waals surface area (Å²) in [4.78, 5) is 27.4. The molecule has 1 saturated heterocycles. The number of thiophene rings is 1. The van der Waals surface area contributed by atoms with Gasteiger partial charge >= 0.3 is 0 Å². The zero-order chi connectivity index (χ0) is 18.4. The molecular weight excluding hydrogens is 372 g/mol. The summed E-state index contributed by atoms with van der Waals surface area (Å²) in [5.41, 5.74) is 1.62. The number of fused-ring (bicyclic) bond motifs is 1.